The maximum absolute atomic E-state index is 11.5. The van der Waals surface area contributed by atoms with Crippen LogP contribution in [-0.2, 0) is 16.3 Å². The number of hydrogen-bond donors (Lipinski definition) is 1. The first kappa shape index (κ1) is 12.6. The topological polar surface area (TPSA) is 59.1 Å². The van der Waals surface area contributed by atoms with Crippen LogP contribution in [0, 0.1) is 0 Å². The molecule has 18 heavy (non-hydrogen) atoms. The molecule has 1 saturated heterocycles. The van der Waals surface area contributed by atoms with Crippen LogP contribution in [0.1, 0.15) is 46.8 Å². The molecule has 1 aliphatic carbocycles. The molecule has 0 aromatic carbocycles. The van der Waals surface area contributed by atoms with E-state index in [1.54, 1.807) is 11.3 Å². The summed E-state index contributed by atoms with van der Waals surface area (Å²) in [6.07, 6.45) is 4.13. The van der Waals surface area contributed by atoms with E-state index in [2.05, 4.69) is 5.32 Å². The highest BCUT2D eigenvalue weighted by Crippen LogP contribution is 2.39. The minimum absolute atomic E-state index is 0.142. The third-order valence-electron chi connectivity index (χ3n) is 3.90. The fraction of sp³-hybridized carbons (Fsp3) is 0.750. The van der Waals surface area contributed by atoms with Gasteiger partial charge in [0.1, 0.15) is 0 Å². The predicted octanol–water partition coefficient (Wildman–Crippen LogP) is 1.64. The Balaban J connectivity index is 1.89. The molecule has 1 aromatic rings. The van der Waals surface area contributed by atoms with Gasteiger partial charge in [-0.2, -0.15) is 0 Å². The Hall–Kier alpha value is -0.460. The Morgan fingerprint density at radius 1 is 1.39 bits per heavy atom. The monoisotopic (exact) mass is 286 g/mol. The number of aryl methyl sites for hydroxylation is 1. The van der Waals surface area contributed by atoms with Gasteiger partial charge in [-0.3, -0.25) is 0 Å². The molecule has 0 saturated carbocycles. The predicted molar refractivity (Wildman–Crippen MR) is 72.9 cm³/mol. The molecule has 1 N–H and O–H groups in total. The van der Waals surface area contributed by atoms with Crippen molar-refractivity contribution in [2.75, 3.05) is 18.6 Å². The van der Waals surface area contributed by atoms with Gasteiger partial charge in [-0.1, -0.05) is 0 Å². The van der Waals surface area contributed by atoms with Crippen LogP contribution in [0.3, 0.4) is 0 Å². The lowest BCUT2D eigenvalue weighted by Gasteiger charge is -2.20. The largest absolute Gasteiger partial charge is 0.312 e. The molecule has 3 rings (SSSR count). The number of aromatic nitrogens is 1. The summed E-state index contributed by atoms with van der Waals surface area (Å²) in [5.41, 5.74) is 1.20. The zero-order chi connectivity index (χ0) is 12.8. The zero-order valence-electron chi connectivity index (χ0n) is 10.5. The molecule has 1 fully saturated rings. The van der Waals surface area contributed by atoms with E-state index in [-0.39, 0.29) is 5.92 Å². The van der Waals surface area contributed by atoms with Gasteiger partial charge in [0.2, 0.25) is 0 Å². The molecule has 2 aliphatic rings. The standard InChI is InChI=1S/C12H18N2O2S2/c1-13-9-3-2-4-10-11(9)17-12(14-10)8-5-6-18(15,16)7-8/h8-9,13H,2-7H2,1H3. The molecule has 6 heteroatoms. The molecule has 4 nitrogen and oxygen atoms in total. The lowest BCUT2D eigenvalue weighted by molar-refractivity contribution is 0.500. The van der Waals surface area contributed by atoms with Crippen molar-refractivity contribution in [2.24, 2.45) is 0 Å². The number of nitrogens with zero attached hydrogens (tertiary/aromatic N) is 1. The minimum atomic E-state index is -2.81. The van der Waals surface area contributed by atoms with Gasteiger partial charge in [-0.15, -0.1) is 11.3 Å². The van der Waals surface area contributed by atoms with Crippen LogP contribution in [0.2, 0.25) is 0 Å². The summed E-state index contributed by atoms with van der Waals surface area (Å²) in [5, 5.41) is 4.38. The lowest BCUT2D eigenvalue weighted by atomic mass is 9.98. The van der Waals surface area contributed by atoms with E-state index in [1.807, 2.05) is 7.05 Å². The molecule has 2 heterocycles. The summed E-state index contributed by atoms with van der Waals surface area (Å²) in [6, 6.07) is 0.415. The number of sulfone groups is 1. The van der Waals surface area contributed by atoms with Crippen LogP contribution in [0.15, 0.2) is 0 Å². The first-order valence-electron chi connectivity index (χ1n) is 6.46. The highest BCUT2D eigenvalue weighted by molar-refractivity contribution is 7.91. The number of thiazole rings is 1. The van der Waals surface area contributed by atoms with Crippen LogP contribution in [0.25, 0.3) is 0 Å². The summed E-state index contributed by atoms with van der Waals surface area (Å²) in [5.74, 6) is 0.768. The Morgan fingerprint density at radius 2 is 2.22 bits per heavy atom. The van der Waals surface area contributed by atoms with E-state index >= 15 is 0 Å². The molecule has 2 atom stereocenters. The van der Waals surface area contributed by atoms with Gasteiger partial charge in [-0.05, 0) is 32.7 Å². The van der Waals surface area contributed by atoms with E-state index < -0.39 is 9.84 Å². The van der Waals surface area contributed by atoms with Gasteiger partial charge in [-0.25, -0.2) is 13.4 Å². The molecular weight excluding hydrogens is 268 g/mol. The quantitative estimate of drug-likeness (QED) is 0.898. The third kappa shape index (κ3) is 2.21. The minimum Gasteiger partial charge on any atom is -0.312 e. The van der Waals surface area contributed by atoms with Gasteiger partial charge >= 0.3 is 0 Å². The Kier molecular flexibility index (Phi) is 3.20. The highest BCUT2D eigenvalue weighted by Gasteiger charge is 2.33. The fourth-order valence-electron chi connectivity index (χ4n) is 2.88. The normalized spacial score (nSPS) is 30.3. The van der Waals surface area contributed by atoms with E-state index in [1.165, 1.54) is 17.0 Å². The van der Waals surface area contributed by atoms with Crippen molar-refractivity contribution in [2.45, 2.75) is 37.6 Å². The summed E-state index contributed by atoms with van der Waals surface area (Å²) >= 11 is 1.73. The van der Waals surface area contributed by atoms with E-state index in [0.29, 0.717) is 17.5 Å². The number of nitrogens with one attached hydrogen (secondary N) is 1. The lowest BCUT2D eigenvalue weighted by Crippen LogP contribution is -2.19. The summed E-state index contributed by atoms with van der Waals surface area (Å²) in [7, 11) is -0.828. The maximum atomic E-state index is 11.5. The first-order valence-corrected chi connectivity index (χ1v) is 9.10. The van der Waals surface area contributed by atoms with Crippen molar-refractivity contribution < 1.29 is 8.42 Å². The molecule has 100 valence electrons. The van der Waals surface area contributed by atoms with Crippen LogP contribution in [0.4, 0.5) is 0 Å². The van der Waals surface area contributed by atoms with Gasteiger partial charge in [0.25, 0.3) is 0 Å². The summed E-state index contributed by atoms with van der Waals surface area (Å²) < 4.78 is 23.1. The van der Waals surface area contributed by atoms with Crippen molar-refractivity contribution in [1.82, 2.24) is 10.3 Å². The summed E-state index contributed by atoms with van der Waals surface area (Å²) in [4.78, 5) is 6.05. The van der Waals surface area contributed by atoms with Crippen molar-refractivity contribution in [3.63, 3.8) is 0 Å². The fourth-order valence-corrected chi connectivity index (χ4v) is 6.12. The van der Waals surface area contributed by atoms with Crippen molar-refractivity contribution >= 4 is 21.2 Å². The van der Waals surface area contributed by atoms with E-state index in [0.717, 1.165) is 24.3 Å². The molecule has 0 spiro atoms. The van der Waals surface area contributed by atoms with Crippen molar-refractivity contribution in [1.29, 1.82) is 0 Å². The molecule has 0 bridgehead atoms. The third-order valence-corrected chi connectivity index (χ3v) is 7.04. The smallest absolute Gasteiger partial charge is 0.151 e. The Labute approximate surface area is 112 Å². The van der Waals surface area contributed by atoms with Crippen LogP contribution < -0.4 is 5.32 Å². The second kappa shape index (κ2) is 4.58. The molecule has 2 unspecified atom stereocenters. The molecule has 0 radical (unpaired) electrons. The Bertz CT molecular complexity index is 550. The van der Waals surface area contributed by atoms with E-state index in [9.17, 15) is 8.42 Å². The van der Waals surface area contributed by atoms with Crippen molar-refractivity contribution in [3.05, 3.63) is 15.6 Å². The number of rotatable bonds is 2. The van der Waals surface area contributed by atoms with Crippen LogP contribution in [0.5, 0.6) is 0 Å². The maximum Gasteiger partial charge on any atom is 0.151 e. The summed E-state index contributed by atoms with van der Waals surface area (Å²) in [6.45, 7) is 0. The van der Waals surface area contributed by atoms with Gasteiger partial charge in [0.05, 0.1) is 22.2 Å². The highest BCUT2D eigenvalue weighted by atomic mass is 32.2. The second-order valence-electron chi connectivity index (χ2n) is 5.20. The average Bonchev–Trinajstić information content (AvgIpc) is 2.91. The molecular formula is C12H18N2O2S2. The number of hydrogen-bond acceptors (Lipinski definition) is 5. The van der Waals surface area contributed by atoms with Crippen LogP contribution in [-0.4, -0.2) is 32.0 Å². The van der Waals surface area contributed by atoms with Gasteiger partial charge < -0.3 is 5.32 Å². The SMILES string of the molecule is CNC1CCCc2nc(C3CCS(=O)(=O)C3)sc21. The second-order valence-corrected chi connectivity index (χ2v) is 8.49. The molecule has 1 aromatic heterocycles. The first-order chi connectivity index (χ1) is 8.59. The van der Waals surface area contributed by atoms with E-state index in [4.69, 9.17) is 4.98 Å². The average molecular weight is 286 g/mol. The Morgan fingerprint density at radius 3 is 2.89 bits per heavy atom. The van der Waals surface area contributed by atoms with Gasteiger partial charge in [0.15, 0.2) is 9.84 Å². The van der Waals surface area contributed by atoms with Crippen molar-refractivity contribution in [3.8, 4) is 0 Å². The van der Waals surface area contributed by atoms with Crippen LogP contribution >= 0.6 is 11.3 Å². The molecule has 0 amide bonds. The zero-order valence-corrected chi connectivity index (χ0v) is 12.1. The number of fused-ring (bicyclic) bond motifs is 1. The molecule has 1 aliphatic heterocycles. The van der Waals surface area contributed by atoms with Gasteiger partial charge in [0, 0.05) is 16.8 Å².